The molecule has 6 nitrogen and oxygen atoms in total. The van der Waals surface area contributed by atoms with E-state index in [0.717, 1.165) is 54.1 Å². The van der Waals surface area contributed by atoms with Crippen LogP contribution in [0.1, 0.15) is 47.8 Å². The molecule has 0 unspecified atom stereocenters. The van der Waals surface area contributed by atoms with Gasteiger partial charge in [0, 0.05) is 37.3 Å². The quantitative estimate of drug-likeness (QED) is 0.625. The third-order valence-corrected chi connectivity index (χ3v) is 5.64. The molecule has 2 aromatic heterocycles. The molecular weight excluding hydrogens is 381 g/mol. The lowest BCUT2D eigenvalue weighted by Crippen LogP contribution is -2.33. The molecule has 1 saturated heterocycles. The highest BCUT2D eigenvalue weighted by molar-refractivity contribution is 5.77. The minimum atomic E-state index is -0.255. The van der Waals surface area contributed by atoms with Crippen LogP contribution in [0.15, 0.2) is 36.5 Å². The Kier molecular flexibility index (Phi) is 5.81. The molecule has 1 fully saturated rings. The SMILES string of the molecule is Cc1cc2ncc(CN(C)C)c([C@@H]3CCCN3C(=O)CCc3ccc(F)cc3)n2n1. The summed E-state index contributed by atoms with van der Waals surface area (Å²) in [6.07, 6.45) is 4.83. The molecule has 0 bridgehead atoms. The van der Waals surface area contributed by atoms with Crippen molar-refractivity contribution in [1.82, 2.24) is 24.4 Å². The molecule has 0 aliphatic carbocycles. The number of hydrogen-bond acceptors (Lipinski definition) is 4. The van der Waals surface area contributed by atoms with Crippen LogP contribution < -0.4 is 0 Å². The van der Waals surface area contributed by atoms with Crippen molar-refractivity contribution < 1.29 is 9.18 Å². The molecule has 0 spiro atoms. The Bertz CT molecular complexity index is 1040. The Hall–Kier alpha value is -2.80. The third-order valence-electron chi connectivity index (χ3n) is 5.64. The first-order valence-corrected chi connectivity index (χ1v) is 10.4. The second kappa shape index (κ2) is 8.52. The fourth-order valence-corrected chi connectivity index (χ4v) is 4.31. The van der Waals surface area contributed by atoms with Gasteiger partial charge in [-0.3, -0.25) is 4.79 Å². The van der Waals surface area contributed by atoms with Crippen molar-refractivity contribution in [2.45, 2.75) is 45.2 Å². The van der Waals surface area contributed by atoms with E-state index in [4.69, 9.17) is 0 Å². The molecule has 30 heavy (non-hydrogen) atoms. The molecule has 4 rings (SSSR count). The lowest BCUT2D eigenvalue weighted by Gasteiger charge is -2.28. The van der Waals surface area contributed by atoms with Crippen LogP contribution in [0.3, 0.4) is 0 Å². The maximum absolute atomic E-state index is 13.1. The van der Waals surface area contributed by atoms with Crippen LogP contribution in [0, 0.1) is 12.7 Å². The van der Waals surface area contributed by atoms with Gasteiger partial charge in [-0.2, -0.15) is 5.10 Å². The van der Waals surface area contributed by atoms with Crippen LogP contribution in [0.2, 0.25) is 0 Å². The minimum absolute atomic E-state index is 0.00883. The molecule has 0 N–H and O–H groups in total. The molecule has 1 aliphatic rings. The number of fused-ring (bicyclic) bond motifs is 1. The van der Waals surface area contributed by atoms with E-state index >= 15 is 0 Å². The highest BCUT2D eigenvalue weighted by Gasteiger charge is 2.33. The minimum Gasteiger partial charge on any atom is -0.334 e. The summed E-state index contributed by atoms with van der Waals surface area (Å²) < 4.78 is 15.1. The Balaban J connectivity index is 1.61. The van der Waals surface area contributed by atoms with E-state index in [2.05, 4.69) is 15.0 Å². The number of aromatic nitrogens is 3. The summed E-state index contributed by atoms with van der Waals surface area (Å²) in [5.74, 6) is -0.124. The lowest BCUT2D eigenvalue weighted by molar-refractivity contribution is -0.132. The number of aryl methyl sites for hydroxylation is 2. The van der Waals surface area contributed by atoms with Crippen LogP contribution in [0.25, 0.3) is 5.65 Å². The van der Waals surface area contributed by atoms with Crippen LogP contribution in [-0.4, -0.2) is 50.9 Å². The number of halogens is 1. The van der Waals surface area contributed by atoms with Crippen molar-refractivity contribution in [3.63, 3.8) is 0 Å². The topological polar surface area (TPSA) is 53.7 Å². The molecule has 1 atom stereocenters. The maximum Gasteiger partial charge on any atom is 0.223 e. The summed E-state index contributed by atoms with van der Waals surface area (Å²) in [4.78, 5) is 21.8. The van der Waals surface area contributed by atoms with Gasteiger partial charge in [-0.1, -0.05) is 12.1 Å². The molecule has 158 valence electrons. The Labute approximate surface area is 176 Å². The smallest absolute Gasteiger partial charge is 0.223 e. The lowest BCUT2D eigenvalue weighted by atomic mass is 10.0. The normalized spacial score (nSPS) is 16.7. The van der Waals surface area contributed by atoms with Gasteiger partial charge < -0.3 is 9.80 Å². The van der Waals surface area contributed by atoms with Gasteiger partial charge in [-0.15, -0.1) is 0 Å². The zero-order valence-corrected chi connectivity index (χ0v) is 17.8. The van der Waals surface area contributed by atoms with Crippen molar-refractivity contribution in [1.29, 1.82) is 0 Å². The van der Waals surface area contributed by atoms with Gasteiger partial charge in [0.15, 0.2) is 5.65 Å². The summed E-state index contributed by atoms with van der Waals surface area (Å²) in [6, 6.07) is 8.35. The van der Waals surface area contributed by atoms with E-state index < -0.39 is 0 Å². The number of likely N-dealkylation sites (tertiary alicyclic amines) is 1. The van der Waals surface area contributed by atoms with E-state index in [1.54, 1.807) is 12.1 Å². The fraction of sp³-hybridized carbons (Fsp3) is 0.435. The van der Waals surface area contributed by atoms with Crippen LogP contribution in [-0.2, 0) is 17.8 Å². The second-order valence-electron chi connectivity index (χ2n) is 8.33. The molecule has 7 heteroatoms. The Morgan fingerprint density at radius 3 is 2.77 bits per heavy atom. The average Bonchev–Trinajstić information content (AvgIpc) is 3.33. The zero-order valence-electron chi connectivity index (χ0n) is 17.8. The third kappa shape index (κ3) is 4.21. The van der Waals surface area contributed by atoms with E-state index in [-0.39, 0.29) is 17.8 Å². The van der Waals surface area contributed by atoms with Crippen molar-refractivity contribution in [3.05, 3.63) is 64.9 Å². The number of rotatable bonds is 6. The van der Waals surface area contributed by atoms with Crippen molar-refractivity contribution in [2.75, 3.05) is 20.6 Å². The number of nitrogens with zero attached hydrogens (tertiary/aromatic N) is 5. The van der Waals surface area contributed by atoms with Crippen molar-refractivity contribution in [3.8, 4) is 0 Å². The molecule has 3 heterocycles. The van der Waals surface area contributed by atoms with Gasteiger partial charge in [0.2, 0.25) is 5.91 Å². The summed E-state index contributed by atoms with van der Waals surface area (Å²) in [6.45, 7) is 3.45. The largest absolute Gasteiger partial charge is 0.334 e. The molecular formula is C23H28FN5O. The highest BCUT2D eigenvalue weighted by Crippen LogP contribution is 2.35. The fourth-order valence-electron chi connectivity index (χ4n) is 4.31. The second-order valence-corrected chi connectivity index (χ2v) is 8.33. The predicted octanol–water partition coefficient (Wildman–Crippen LogP) is 3.53. The van der Waals surface area contributed by atoms with Gasteiger partial charge in [0.1, 0.15) is 5.82 Å². The first-order valence-electron chi connectivity index (χ1n) is 10.4. The van der Waals surface area contributed by atoms with Crippen LogP contribution in [0.4, 0.5) is 4.39 Å². The number of benzene rings is 1. The summed E-state index contributed by atoms with van der Waals surface area (Å²) in [7, 11) is 4.06. The van der Waals surface area contributed by atoms with Gasteiger partial charge in [0.25, 0.3) is 0 Å². The maximum atomic E-state index is 13.1. The van der Waals surface area contributed by atoms with E-state index in [9.17, 15) is 9.18 Å². The van der Waals surface area contributed by atoms with Crippen molar-refractivity contribution >= 4 is 11.6 Å². The van der Waals surface area contributed by atoms with Crippen molar-refractivity contribution in [2.24, 2.45) is 0 Å². The van der Waals surface area contributed by atoms with E-state index in [1.165, 1.54) is 12.1 Å². The van der Waals surface area contributed by atoms with Crippen LogP contribution >= 0.6 is 0 Å². The van der Waals surface area contributed by atoms with E-state index in [1.807, 2.05) is 42.7 Å². The van der Waals surface area contributed by atoms with Gasteiger partial charge in [-0.25, -0.2) is 13.9 Å². The van der Waals surface area contributed by atoms with Crippen LogP contribution in [0.5, 0.6) is 0 Å². The average molecular weight is 410 g/mol. The number of hydrogen-bond donors (Lipinski definition) is 0. The number of carbonyl (C=O) groups is 1. The Morgan fingerprint density at radius 1 is 1.27 bits per heavy atom. The number of amides is 1. The molecule has 1 aliphatic heterocycles. The molecule has 0 saturated carbocycles. The summed E-state index contributed by atoms with van der Waals surface area (Å²) in [5, 5.41) is 4.68. The first-order chi connectivity index (χ1) is 14.4. The standard InChI is InChI=1S/C23H28FN5O/c1-16-13-21-25-14-18(15-27(2)3)23(29(21)26-16)20-5-4-12-28(20)22(30)11-8-17-6-9-19(24)10-7-17/h6-7,9-10,13-14,20H,4-5,8,11-12,15H2,1-3H3/t20-/m0/s1. The molecule has 0 radical (unpaired) electrons. The predicted molar refractivity (Wildman–Crippen MR) is 114 cm³/mol. The molecule has 3 aromatic rings. The Morgan fingerprint density at radius 2 is 2.03 bits per heavy atom. The van der Waals surface area contributed by atoms with E-state index in [0.29, 0.717) is 12.8 Å². The van der Waals surface area contributed by atoms with Gasteiger partial charge in [0.05, 0.1) is 17.4 Å². The molecule has 1 aromatic carbocycles. The van der Waals surface area contributed by atoms with Gasteiger partial charge in [-0.05, 0) is 58.0 Å². The first kappa shape index (κ1) is 20.5. The zero-order chi connectivity index (χ0) is 21.3. The monoisotopic (exact) mass is 409 g/mol. The van der Waals surface area contributed by atoms with Gasteiger partial charge >= 0.3 is 0 Å². The highest BCUT2D eigenvalue weighted by atomic mass is 19.1. The molecule has 1 amide bonds. The summed E-state index contributed by atoms with van der Waals surface area (Å²) in [5.41, 5.74) is 4.87. The number of carbonyl (C=O) groups excluding carboxylic acids is 1. The summed E-state index contributed by atoms with van der Waals surface area (Å²) >= 11 is 0.